The molecule has 0 atom stereocenters. The minimum absolute atomic E-state index is 0.185. The number of hydrogen-bond acceptors (Lipinski definition) is 1. The van der Waals surface area contributed by atoms with Gasteiger partial charge in [0.05, 0.1) is 0 Å². The predicted molar refractivity (Wildman–Crippen MR) is 176 cm³/mol. The minimum atomic E-state index is 0.185. The Kier molecular flexibility index (Phi) is 8.07. The normalized spacial score (nSPS) is 11.2. The third kappa shape index (κ3) is 5.82. The number of anilines is 2. The molecule has 0 bridgehead atoms. The minimum Gasteiger partial charge on any atom is -0.317 e. The number of hydrogen-bond donors (Lipinski definition) is 0. The van der Waals surface area contributed by atoms with Gasteiger partial charge in [0.1, 0.15) is 0 Å². The van der Waals surface area contributed by atoms with Gasteiger partial charge in [0.15, 0.2) is 0 Å². The lowest BCUT2D eigenvalue weighted by molar-refractivity contribution is 1.29. The van der Waals surface area contributed by atoms with E-state index in [9.17, 15) is 0 Å². The molecule has 0 aliphatic heterocycles. The standard InChI is InChI=1S/C38H38BN/c1-27-23-29(3)37(30(4)24-27)39(38-31(5)25-28(2)26-32(38)6)34-19-17-33(18-20-34)21-22-40(35-13-9-7-10-14-35)36-15-11-8-12-16-36/h7-26H,1-6H3. The Balaban J connectivity index is 1.56. The van der Waals surface area contributed by atoms with Crippen LogP contribution in [0.25, 0.3) is 6.08 Å². The molecule has 0 unspecified atom stereocenters. The first-order valence-electron chi connectivity index (χ1n) is 14.1. The van der Waals surface area contributed by atoms with Gasteiger partial charge in [-0.15, -0.1) is 0 Å². The Hall–Kier alpha value is -4.30. The molecule has 0 heterocycles. The summed E-state index contributed by atoms with van der Waals surface area (Å²) < 4.78 is 0. The van der Waals surface area contributed by atoms with Crippen molar-refractivity contribution >= 4 is 40.6 Å². The van der Waals surface area contributed by atoms with E-state index in [1.807, 2.05) is 0 Å². The molecule has 0 aromatic heterocycles. The lowest BCUT2D eigenvalue weighted by atomic mass is 9.34. The lowest BCUT2D eigenvalue weighted by Crippen LogP contribution is -2.55. The number of nitrogens with zero attached hydrogens (tertiary/aromatic N) is 1. The Morgan fingerprint density at radius 2 is 0.900 bits per heavy atom. The average molecular weight is 520 g/mol. The van der Waals surface area contributed by atoms with Crippen LogP contribution in [0.4, 0.5) is 11.4 Å². The quantitative estimate of drug-likeness (QED) is 0.198. The molecule has 0 amide bonds. The van der Waals surface area contributed by atoms with E-state index in [-0.39, 0.29) is 6.71 Å². The van der Waals surface area contributed by atoms with Gasteiger partial charge < -0.3 is 4.90 Å². The SMILES string of the molecule is Cc1cc(C)c(B(c2ccc(C=CN(c3ccccc3)c3ccccc3)cc2)c2c(C)cc(C)cc2C)c(C)c1. The van der Waals surface area contributed by atoms with Crippen molar-refractivity contribution in [2.45, 2.75) is 41.5 Å². The van der Waals surface area contributed by atoms with E-state index < -0.39 is 0 Å². The fourth-order valence-corrected chi connectivity index (χ4v) is 6.23. The third-order valence-electron chi connectivity index (χ3n) is 7.81. The van der Waals surface area contributed by atoms with Crippen LogP contribution >= 0.6 is 0 Å². The Morgan fingerprint density at radius 3 is 1.30 bits per heavy atom. The van der Waals surface area contributed by atoms with Crippen molar-refractivity contribution < 1.29 is 0 Å². The topological polar surface area (TPSA) is 3.24 Å². The molecule has 40 heavy (non-hydrogen) atoms. The van der Waals surface area contributed by atoms with Gasteiger partial charge in [0.25, 0.3) is 0 Å². The molecule has 0 N–H and O–H groups in total. The summed E-state index contributed by atoms with van der Waals surface area (Å²) in [5, 5.41) is 0. The lowest BCUT2D eigenvalue weighted by Gasteiger charge is -2.24. The largest absolute Gasteiger partial charge is 0.317 e. The monoisotopic (exact) mass is 519 g/mol. The Bertz CT molecular complexity index is 1490. The zero-order valence-electron chi connectivity index (χ0n) is 24.6. The molecular weight excluding hydrogens is 481 g/mol. The maximum absolute atomic E-state index is 2.33. The highest BCUT2D eigenvalue weighted by Crippen LogP contribution is 2.26. The van der Waals surface area contributed by atoms with Crippen LogP contribution in [-0.2, 0) is 0 Å². The fourth-order valence-electron chi connectivity index (χ4n) is 6.23. The molecular formula is C38H38BN. The van der Waals surface area contributed by atoms with Gasteiger partial charge in [0.2, 0.25) is 6.71 Å². The summed E-state index contributed by atoms with van der Waals surface area (Å²) in [5.74, 6) is 0. The Morgan fingerprint density at radius 1 is 0.500 bits per heavy atom. The zero-order valence-corrected chi connectivity index (χ0v) is 24.6. The van der Waals surface area contributed by atoms with E-state index >= 15 is 0 Å². The van der Waals surface area contributed by atoms with Crippen LogP contribution in [0, 0.1) is 41.5 Å². The number of para-hydroxylation sites is 2. The average Bonchev–Trinajstić information content (AvgIpc) is 2.93. The summed E-state index contributed by atoms with van der Waals surface area (Å²) in [4.78, 5) is 2.23. The number of benzene rings is 5. The van der Waals surface area contributed by atoms with Crippen molar-refractivity contribution in [3.63, 3.8) is 0 Å². The van der Waals surface area contributed by atoms with Gasteiger partial charge in [-0.25, -0.2) is 0 Å². The van der Waals surface area contributed by atoms with Crippen molar-refractivity contribution in [3.8, 4) is 0 Å². The van der Waals surface area contributed by atoms with Gasteiger partial charge in [0, 0.05) is 17.6 Å². The van der Waals surface area contributed by atoms with Crippen molar-refractivity contribution in [2.75, 3.05) is 4.90 Å². The molecule has 5 aromatic rings. The zero-order chi connectivity index (χ0) is 28.2. The molecule has 0 aliphatic carbocycles. The molecule has 0 aliphatic rings. The summed E-state index contributed by atoms with van der Waals surface area (Å²) in [7, 11) is 0. The fraction of sp³-hybridized carbons (Fsp3) is 0.158. The first-order chi connectivity index (χ1) is 19.3. The van der Waals surface area contributed by atoms with Crippen molar-refractivity contribution in [1.29, 1.82) is 0 Å². The predicted octanol–water partition coefficient (Wildman–Crippen LogP) is 7.86. The summed E-state index contributed by atoms with van der Waals surface area (Å²) in [6.45, 7) is 13.6. The molecule has 0 saturated carbocycles. The van der Waals surface area contributed by atoms with E-state index in [1.54, 1.807) is 0 Å². The maximum atomic E-state index is 2.33. The first-order valence-corrected chi connectivity index (χ1v) is 14.1. The second kappa shape index (κ2) is 11.8. The van der Waals surface area contributed by atoms with Gasteiger partial charge in [-0.1, -0.05) is 135 Å². The highest BCUT2D eigenvalue weighted by Gasteiger charge is 2.28. The van der Waals surface area contributed by atoms with Crippen LogP contribution in [0.5, 0.6) is 0 Å². The summed E-state index contributed by atoms with van der Waals surface area (Å²) in [5.41, 5.74) is 15.7. The smallest absolute Gasteiger partial charge is 0.242 e. The van der Waals surface area contributed by atoms with Crippen LogP contribution in [0.2, 0.25) is 0 Å². The molecule has 1 nitrogen and oxygen atoms in total. The summed E-state index contributed by atoms with van der Waals surface area (Å²) in [6.07, 6.45) is 4.36. The van der Waals surface area contributed by atoms with Crippen molar-refractivity contribution in [3.05, 3.63) is 154 Å². The van der Waals surface area contributed by atoms with E-state index in [2.05, 4.69) is 168 Å². The molecule has 2 heteroatoms. The highest BCUT2D eigenvalue weighted by atomic mass is 15.1. The molecule has 0 radical (unpaired) electrons. The summed E-state index contributed by atoms with van der Waals surface area (Å²) in [6, 6.07) is 39.5. The number of rotatable bonds is 7. The van der Waals surface area contributed by atoms with Gasteiger partial charge in [-0.2, -0.15) is 0 Å². The van der Waals surface area contributed by atoms with E-state index in [0.29, 0.717) is 0 Å². The third-order valence-corrected chi connectivity index (χ3v) is 7.81. The highest BCUT2D eigenvalue weighted by molar-refractivity contribution is 6.96. The molecule has 5 aromatic carbocycles. The Labute approximate surface area is 240 Å². The van der Waals surface area contributed by atoms with Crippen molar-refractivity contribution in [2.24, 2.45) is 0 Å². The van der Waals surface area contributed by atoms with Gasteiger partial charge >= 0.3 is 0 Å². The van der Waals surface area contributed by atoms with Gasteiger partial charge in [-0.3, -0.25) is 0 Å². The van der Waals surface area contributed by atoms with Crippen LogP contribution in [0.3, 0.4) is 0 Å². The second-order valence-corrected chi connectivity index (χ2v) is 11.1. The molecule has 0 saturated heterocycles. The summed E-state index contributed by atoms with van der Waals surface area (Å²) >= 11 is 0. The van der Waals surface area contributed by atoms with Crippen LogP contribution in [0.1, 0.15) is 38.9 Å². The number of aryl methyl sites for hydroxylation is 6. The molecule has 198 valence electrons. The maximum Gasteiger partial charge on any atom is 0.242 e. The molecule has 0 spiro atoms. The van der Waals surface area contributed by atoms with Crippen LogP contribution in [-0.4, -0.2) is 6.71 Å². The first kappa shape index (κ1) is 27.3. The van der Waals surface area contributed by atoms with Crippen molar-refractivity contribution in [1.82, 2.24) is 0 Å². The van der Waals surface area contributed by atoms with E-state index in [1.165, 1.54) is 55.3 Å². The van der Waals surface area contributed by atoms with Gasteiger partial charge in [-0.05, 0) is 77.4 Å². The second-order valence-electron chi connectivity index (χ2n) is 11.1. The molecule has 5 rings (SSSR count). The van der Waals surface area contributed by atoms with Crippen LogP contribution < -0.4 is 21.3 Å². The van der Waals surface area contributed by atoms with E-state index in [4.69, 9.17) is 0 Å². The van der Waals surface area contributed by atoms with Crippen LogP contribution in [0.15, 0.2) is 115 Å². The van der Waals surface area contributed by atoms with E-state index in [0.717, 1.165) is 11.4 Å². The molecule has 0 fully saturated rings.